The van der Waals surface area contributed by atoms with Gasteiger partial charge in [0.15, 0.2) is 0 Å². The SMILES string of the molecule is O=C(NCCc1ccsc1)c1cc(Cl)ncc1[N+](=O)[O-]. The molecular formula is C12H10ClN3O3S. The number of nitro groups is 1. The lowest BCUT2D eigenvalue weighted by Gasteiger charge is -2.05. The second kappa shape index (κ2) is 6.44. The molecule has 2 aromatic heterocycles. The first-order valence-corrected chi connectivity index (χ1v) is 6.99. The van der Waals surface area contributed by atoms with Gasteiger partial charge in [-0.1, -0.05) is 11.6 Å². The van der Waals surface area contributed by atoms with E-state index in [2.05, 4.69) is 10.3 Å². The highest BCUT2D eigenvalue weighted by Gasteiger charge is 2.21. The Hall–Kier alpha value is -1.99. The van der Waals surface area contributed by atoms with Crippen LogP contribution in [0, 0.1) is 10.1 Å². The highest BCUT2D eigenvalue weighted by molar-refractivity contribution is 7.07. The molecule has 1 N–H and O–H groups in total. The zero-order valence-corrected chi connectivity index (χ0v) is 11.8. The van der Waals surface area contributed by atoms with Gasteiger partial charge in [-0.3, -0.25) is 14.9 Å². The highest BCUT2D eigenvalue weighted by Crippen LogP contribution is 2.20. The van der Waals surface area contributed by atoms with Gasteiger partial charge in [-0.15, -0.1) is 0 Å². The maximum absolute atomic E-state index is 12.0. The van der Waals surface area contributed by atoms with Gasteiger partial charge in [0.1, 0.15) is 16.9 Å². The number of hydrogen-bond acceptors (Lipinski definition) is 5. The Morgan fingerprint density at radius 1 is 1.55 bits per heavy atom. The molecule has 0 aliphatic heterocycles. The molecule has 0 aliphatic rings. The van der Waals surface area contributed by atoms with Crippen molar-refractivity contribution in [3.63, 3.8) is 0 Å². The zero-order valence-electron chi connectivity index (χ0n) is 10.2. The average Bonchev–Trinajstić information content (AvgIpc) is 2.91. The summed E-state index contributed by atoms with van der Waals surface area (Å²) in [6.07, 6.45) is 1.65. The third-order valence-electron chi connectivity index (χ3n) is 2.57. The molecule has 2 aromatic rings. The Bertz CT molecular complexity index is 631. The van der Waals surface area contributed by atoms with Crippen LogP contribution in [-0.2, 0) is 6.42 Å². The van der Waals surface area contributed by atoms with E-state index in [9.17, 15) is 14.9 Å². The van der Waals surface area contributed by atoms with Gasteiger partial charge in [-0.05, 0) is 34.9 Å². The van der Waals surface area contributed by atoms with Crippen molar-refractivity contribution in [3.8, 4) is 0 Å². The van der Waals surface area contributed by atoms with Gasteiger partial charge in [0.25, 0.3) is 11.6 Å². The second-order valence-electron chi connectivity index (χ2n) is 3.92. The molecule has 8 heteroatoms. The molecular weight excluding hydrogens is 302 g/mol. The van der Waals surface area contributed by atoms with Crippen LogP contribution in [0.15, 0.2) is 29.1 Å². The van der Waals surface area contributed by atoms with Crippen LogP contribution in [0.25, 0.3) is 0 Å². The highest BCUT2D eigenvalue weighted by atomic mass is 35.5. The summed E-state index contributed by atoms with van der Waals surface area (Å²) >= 11 is 7.24. The Balaban J connectivity index is 2.05. The van der Waals surface area contributed by atoms with Crippen LogP contribution in [0.4, 0.5) is 5.69 Å². The molecule has 20 heavy (non-hydrogen) atoms. The van der Waals surface area contributed by atoms with E-state index in [1.807, 2.05) is 16.8 Å². The fourth-order valence-electron chi connectivity index (χ4n) is 1.60. The maximum atomic E-state index is 12.0. The minimum Gasteiger partial charge on any atom is -0.351 e. The third kappa shape index (κ3) is 3.52. The van der Waals surface area contributed by atoms with Gasteiger partial charge in [0, 0.05) is 6.54 Å². The van der Waals surface area contributed by atoms with Crippen molar-refractivity contribution in [2.24, 2.45) is 0 Å². The topological polar surface area (TPSA) is 85.1 Å². The minimum atomic E-state index is -0.656. The molecule has 0 aromatic carbocycles. The van der Waals surface area contributed by atoms with Crippen LogP contribution in [0.5, 0.6) is 0 Å². The van der Waals surface area contributed by atoms with Crippen molar-refractivity contribution in [1.29, 1.82) is 0 Å². The second-order valence-corrected chi connectivity index (χ2v) is 5.09. The van der Waals surface area contributed by atoms with E-state index in [1.54, 1.807) is 11.3 Å². The van der Waals surface area contributed by atoms with E-state index in [0.29, 0.717) is 13.0 Å². The summed E-state index contributed by atoms with van der Waals surface area (Å²) in [6.45, 7) is 0.395. The van der Waals surface area contributed by atoms with Crippen LogP contribution in [0.1, 0.15) is 15.9 Å². The minimum absolute atomic E-state index is 0.0404. The normalized spacial score (nSPS) is 10.2. The summed E-state index contributed by atoms with van der Waals surface area (Å²) in [5.41, 5.74) is 0.667. The lowest BCUT2D eigenvalue weighted by atomic mass is 10.2. The summed E-state index contributed by atoms with van der Waals surface area (Å²) in [5.74, 6) is -0.531. The number of thiophene rings is 1. The maximum Gasteiger partial charge on any atom is 0.300 e. The van der Waals surface area contributed by atoms with Gasteiger partial charge in [0.2, 0.25) is 0 Å². The summed E-state index contributed by atoms with van der Waals surface area (Å²) < 4.78 is 0. The molecule has 0 saturated carbocycles. The molecule has 0 saturated heterocycles. The van der Waals surface area contributed by atoms with E-state index >= 15 is 0 Å². The number of amides is 1. The van der Waals surface area contributed by atoms with Crippen molar-refractivity contribution < 1.29 is 9.72 Å². The van der Waals surface area contributed by atoms with E-state index in [1.165, 1.54) is 6.07 Å². The Labute approximate surface area is 123 Å². The van der Waals surface area contributed by atoms with Crippen LogP contribution >= 0.6 is 22.9 Å². The van der Waals surface area contributed by atoms with E-state index in [0.717, 1.165) is 11.8 Å². The third-order valence-corrected chi connectivity index (χ3v) is 3.51. The largest absolute Gasteiger partial charge is 0.351 e. The Morgan fingerprint density at radius 2 is 2.35 bits per heavy atom. The predicted molar refractivity (Wildman–Crippen MR) is 76.3 cm³/mol. The molecule has 2 rings (SSSR count). The number of aromatic nitrogens is 1. The molecule has 6 nitrogen and oxygen atoms in total. The molecule has 0 radical (unpaired) electrons. The van der Waals surface area contributed by atoms with Crippen LogP contribution in [-0.4, -0.2) is 22.4 Å². The molecule has 0 bridgehead atoms. The summed E-state index contributed by atoms with van der Waals surface area (Å²) in [5, 5.41) is 17.4. The van der Waals surface area contributed by atoms with E-state index in [4.69, 9.17) is 11.6 Å². The number of carbonyl (C=O) groups excluding carboxylic acids is 1. The number of pyridine rings is 1. The molecule has 104 valence electrons. The predicted octanol–water partition coefficient (Wildman–Crippen LogP) is 2.68. The van der Waals surface area contributed by atoms with Gasteiger partial charge in [0.05, 0.1) is 4.92 Å². The number of halogens is 1. The van der Waals surface area contributed by atoms with E-state index < -0.39 is 10.8 Å². The molecule has 0 atom stereocenters. The van der Waals surface area contributed by atoms with Crippen molar-refractivity contribution >= 4 is 34.5 Å². The zero-order chi connectivity index (χ0) is 14.5. The number of carbonyl (C=O) groups is 1. The molecule has 0 aliphatic carbocycles. The summed E-state index contributed by atoms with van der Waals surface area (Å²) in [4.78, 5) is 25.7. The first kappa shape index (κ1) is 14.4. The van der Waals surface area contributed by atoms with E-state index in [-0.39, 0.29) is 16.4 Å². The van der Waals surface area contributed by atoms with Crippen molar-refractivity contribution in [3.05, 3.63) is 55.5 Å². The van der Waals surface area contributed by atoms with Gasteiger partial charge in [-0.2, -0.15) is 11.3 Å². The Kier molecular flexibility index (Phi) is 4.65. The van der Waals surface area contributed by atoms with Crippen LogP contribution in [0.3, 0.4) is 0 Å². The van der Waals surface area contributed by atoms with Crippen molar-refractivity contribution in [1.82, 2.24) is 10.3 Å². The fourth-order valence-corrected chi connectivity index (χ4v) is 2.46. The summed E-state index contributed by atoms with van der Waals surface area (Å²) in [7, 11) is 0. The number of rotatable bonds is 5. The quantitative estimate of drug-likeness (QED) is 0.522. The lowest BCUT2D eigenvalue weighted by molar-refractivity contribution is -0.385. The van der Waals surface area contributed by atoms with Crippen molar-refractivity contribution in [2.45, 2.75) is 6.42 Å². The summed E-state index contributed by atoms with van der Waals surface area (Å²) in [6, 6.07) is 3.15. The first-order valence-electron chi connectivity index (χ1n) is 5.67. The first-order chi connectivity index (χ1) is 9.58. The molecule has 0 spiro atoms. The van der Waals surface area contributed by atoms with Crippen LogP contribution in [0.2, 0.25) is 5.15 Å². The molecule has 0 fully saturated rings. The van der Waals surface area contributed by atoms with Gasteiger partial charge < -0.3 is 5.32 Å². The number of hydrogen-bond donors (Lipinski definition) is 1. The number of nitrogens with zero attached hydrogens (tertiary/aromatic N) is 2. The number of nitrogens with one attached hydrogen (secondary N) is 1. The van der Waals surface area contributed by atoms with Gasteiger partial charge >= 0.3 is 0 Å². The van der Waals surface area contributed by atoms with Crippen LogP contribution < -0.4 is 5.32 Å². The fraction of sp³-hybridized carbons (Fsp3) is 0.167. The Morgan fingerprint density at radius 3 is 3.00 bits per heavy atom. The van der Waals surface area contributed by atoms with Crippen molar-refractivity contribution in [2.75, 3.05) is 6.54 Å². The molecule has 2 heterocycles. The molecule has 0 unspecified atom stereocenters. The lowest BCUT2D eigenvalue weighted by Crippen LogP contribution is -2.26. The smallest absolute Gasteiger partial charge is 0.300 e. The molecule has 1 amide bonds. The average molecular weight is 312 g/mol. The monoisotopic (exact) mass is 311 g/mol. The standard InChI is InChI=1S/C12H10ClN3O3S/c13-11-5-9(10(6-15-11)16(18)19)12(17)14-3-1-8-2-4-20-7-8/h2,4-7H,1,3H2,(H,14,17). The van der Waals surface area contributed by atoms with Gasteiger partial charge in [-0.25, -0.2) is 4.98 Å².